The summed E-state index contributed by atoms with van der Waals surface area (Å²) < 4.78 is 34.1. The fraction of sp³-hybridized carbons (Fsp3) is 0.424. The SMILES string of the molecule is O=C(O)c1ccc2nc(CN3CCC(c4cccc(OCc5cc6nc(C7CC7)oc6nc5F)n4)CC3)n(CC3CCO3)c2c1. The molecule has 2 aliphatic heterocycles. The Morgan fingerprint density at radius 3 is 2.58 bits per heavy atom. The third kappa shape index (κ3) is 5.75. The van der Waals surface area contributed by atoms with Crippen molar-refractivity contribution in [1.82, 2.24) is 29.4 Å². The summed E-state index contributed by atoms with van der Waals surface area (Å²) in [5, 5.41) is 9.53. The van der Waals surface area contributed by atoms with Crippen molar-refractivity contribution >= 4 is 28.2 Å². The number of aromatic carboxylic acids is 1. The second-order valence-corrected chi connectivity index (χ2v) is 12.3. The van der Waals surface area contributed by atoms with E-state index in [0.29, 0.717) is 41.9 Å². The number of carboxylic acids is 1. The molecule has 232 valence electrons. The van der Waals surface area contributed by atoms with E-state index in [9.17, 15) is 14.3 Å². The number of ether oxygens (including phenoxy) is 2. The van der Waals surface area contributed by atoms with Crippen molar-refractivity contribution in [1.29, 1.82) is 0 Å². The van der Waals surface area contributed by atoms with Crippen LogP contribution in [0.1, 0.15) is 77.3 Å². The maximum absolute atomic E-state index is 14.7. The van der Waals surface area contributed by atoms with Gasteiger partial charge in [-0.25, -0.2) is 19.7 Å². The van der Waals surface area contributed by atoms with Crippen molar-refractivity contribution in [3.8, 4) is 5.88 Å². The quantitative estimate of drug-likeness (QED) is 0.204. The Balaban J connectivity index is 0.918. The molecule has 3 aliphatic rings. The molecule has 8 rings (SSSR count). The van der Waals surface area contributed by atoms with Crippen LogP contribution in [0.3, 0.4) is 0 Å². The zero-order chi connectivity index (χ0) is 30.5. The highest BCUT2D eigenvalue weighted by Crippen LogP contribution is 2.40. The Bertz CT molecular complexity index is 1890. The van der Waals surface area contributed by atoms with E-state index in [1.54, 1.807) is 30.3 Å². The smallest absolute Gasteiger partial charge is 0.335 e. The van der Waals surface area contributed by atoms with E-state index in [2.05, 4.69) is 19.4 Å². The predicted molar refractivity (Wildman–Crippen MR) is 161 cm³/mol. The van der Waals surface area contributed by atoms with Crippen LogP contribution in [0.5, 0.6) is 5.88 Å². The molecule has 0 amide bonds. The lowest BCUT2D eigenvalue weighted by Crippen LogP contribution is -2.35. The van der Waals surface area contributed by atoms with Crippen molar-refractivity contribution in [2.75, 3.05) is 19.7 Å². The first-order chi connectivity index (χ1) is 22.0. The number of halogens is 1. The molecule has 12 heteroatoms. The zero-order valence-corrected chi connectivity index (χ0v) is 24.7. The van der Waals surface area contributed by atoms with Gasteiger partial charge in [0.2, 0.25) is 23.4 Å². The first-order valence-corrected chi connectivity index (χ1v) is 15.6. The third-order valence-corrected chi connectivity index (χ3v) is 9.10. The number of piperidine rings is 1. The van der Waals surface area contributed by atoms with E-state index in [0.717, 1.165) is 74.4 Å². The van der Waals surface area contributed by atoms with Gasteiger partial charge in [-0.3, -0.25) is 4.90 Å². The van der Waals surface area contributed by atoms with E-state index in [-0.39, 0.29) is 29.9 Å². The van der Waals surface area contributed by atoms with Crippen LogP contribution >= 0.6 is 0 Å². The minimum absolute atomic E-state index is 0.00382. The molecular formula is C33H33FN6O5. The predicted octanol–water partition coefficient (Wildman–Crippen LogP) is 5.43. The molecule has 0 radical (unpaired) electrons. The highest BCUT2D eigenvalue weighted by Gasteiger charge is 2.30. The number of fused-ring (bicyclic) bond motifs is 2. The molecule has 1 aromatic carbocycles. The lowest BCUT2D eigenvalue weighted by Gasteiger charge is -2.32. The summed E-state index contributed by atoms with van der Waals surface area (Å²) in [5.41, 5.74) is 3.92. The molecule has 6 heterocycles. The summed E-state index contributed by atoms with van der Waals surface area (Å²) in [6.07, 6.45) is 5.05. The summed E-state index contributed by atoms with van der Waals surface area (Å²) in [4.78, 5) is 32.1. The van der Waals surface area contributed by atoms with Crippen LogP contribution in [0, 0.1) is 5.95 Å². The Morgan fingerprint density at radius 1 is 0.978 bits per heavy atom. The molecule has 5 aromatic rings. The molecule has 1 aliphatic carbocycles. The van der Waals surface area contributed by atoms with Crippen molar-refractivity contribution in [3.05, 3.63) is 76.9 Å². The Labute approximate surface area is 258 Å². The molecule has 45 heavy (non-hydrogen) atoms. The van der Waals surface area contributed by atoms with Crippen molar-refractivity contribution < 1.29 is 28.2 Å². The average molecular weight is 613 g/mol. The number of carbonyl (C=O) groups is 1. The molecule has 0 bridgehead atoms. The van der Waals surface area contributed by atoms with Crippen molar-refractivity contribution in [3.63, 3.8) is 0 Å². The van der Waals surface area contributed by atoms with Crippen molar-refractivity contribution in [2.45, 2.75) is 69.7 Å². The molecular weight excluding hydrogens is 579 g/mol. The first-order valence-electron chi connectivity index (χ1n) is 15.6. The van der Waals surface area contributed by atoms with Gasteiger partial charge in [-0.1, -0.05) is 6.07 Å². The molecule has 3 fully saturated rings. The van der Waals surface area contributed by atoms with Crippen LogP contribution in [0.2, 0.25) is 0 Å². The van der Waals surface area contributed by atoms with Gasteiger partial charge < -0.3 is 23.6 Å². The Kier molecular flexibility index (Phi) is 7.17. The van der Waals surface area contributed by atoms with Crippen LogP contribution in [0.25, 0.3) is 22.3 Å². The minimum atomic E-state index is -0.948. The monoisotopic (exact) mass is 612 g/mol. The van der Waals surface area contributed by atoms with Gasteiger partial charge >= 0.3 is 5.97 Å². The molecule has 4 aromatic heterocycles. The van der Waals surface area contributed by atoms with E-state index in [1.807, 2.05) is 12.1 Å². The molecule has 0 spiro atoms. The number of aromatic nitrogens is 5. The van der Waals surface area contributed by atoms with Crippen LogP contribution in [0.15, 0.2) is 46.9 Å². The molecule has 1 N–H and O–H groups in total. The van der Waals surface area contributed by atoms with Crippen LogP contribution < -0.4 is 4.74 Å². The largest absolute Gasteiger partial charge is 0.478 e. The summed E-state index contributed by atoms with van der Waals surface area (Å²) >= 11 is 0. The lowest BCUT2D eigenvalue weighted by atomic mass is 9.93. The van der Waals surface area contributed by atoms with Gasteiger partial charge in [-0.05, 0) is 75.5 Å². The van der Waals surface area contributed by atoms with Gasteiger partial charge in [0.1, 0.15) is 17.9 Å². The number of nitrogens with zero attached hydrogens (tertiary/aromatic N) is 6. The van der Waals surface area contributed by atoms with Gasteiger partial charge in [0.05, 0.1) is 35.8 Å². The summed E-state index contributed by atoms with van der Waals surface area (Å²) in [5.74, 6) is 1.02. The summed E-state index contributed by atoms with van der Waals surface area (Å²) in [6.45, 7) is 3.84. The van der Waals surface area contributed by atoms with Crippen LogP contribution in [0.4, 0.5) is 4.39 Å². The van der Waals surface area contributed by atoms with Crippen molar-refractivity contribution in [2.24, 2.45) is 0 Å². The maximum atomic E-state index is 14.7. The second kappa shape index (κ2) is 11.5. The number of benzene rings is 1. The van der Waals surface area contributed by atoms with Gasteiger partial charge in [0.15, 0.2) is 0 Å². The molecule has 2 saturated heterocycles. The average Bonchev–Trinajstić information content (AvgIpc) is 3.71. The zero-order valence-electron chi connectivity index (χ0n) is 24.7. The first kappa shape index (κ1) is 28.1. The van der Waals surface area contributed by atoms with Gasteiger partial charge in [0, 0.05) is 35.8 Å². The second-order valence-electron chi connectivity index (χ2n) is 12.3. The summed E-state index contributed by atoms with van der Waals surface area (Å²) in [6, 6.07) is 12.5. The van der Waals surface area contributed by atoms with Crippen LogP contribution in [-0.2, 0) is 24.4 Å². The molecule has 1 saturated carbocycles. The third-order valence-electron chi connectivity index (χ3n) is 9.10. The molecule has 1 atom stereocenters. The number of pyridine rings is 2. The lowest BCUT2D eigenvalue weighted by molar-refractivity contribution is -0.0592. The minimum Gasteiger partial charge on any atom is -0.478 e. The Hall–Kier alpha value is -4.42. The normalized spacial score (nSPS) is 19.3. The standard InChI is InChI=1S/C33H33FN6O5/c34-30-22(14-26-32(38-30)45-31(37-26)20-4-5-20)18-44-29-3-1-2-24(36-29)19-8-11-39(12-9-19)17-28-35-25-7-6-21(33(41)42)15-27(25)40(28)16-23-10-13-43-23/h1-3,6-7,14-15,19-20,23H,4-5,8-13,16-18H2,(H,41,42). The van der Waals surface area contributed by atoms with E-state index in [4.69, 9.17) is 23.9 Å². The molecule has 1 unspecified atom stereocenters. The maximum Gasteiger partial charge on any atom is 0.335 e. The van der Waals surface area contributed by atoms with E-state index >= 15 is 0 Å². The van der Waals surface area contributed by atoms with Gasteiger partial charge in [-0.2, -0.15) is 9.37 Å². The number of oxazole rings is 1. The highest BCUT2D eigenvalue weighted by atomic mass is 19.1. The number of imidazole rings is 1. The topological polar surface area (TPSA) is 129 Å². The number of rotatable bonds is 10. The number of likely N-dealkylation sites (tertiary alicyclic amines) is 1. The van der Waals surface area contributed by atoms with E-state index < -0.39 is 11.9 Å². The van der Waals surface area contributed by atoms with E-state index in [1.165, 1.54) is 0 Å². The number of carboxylic acid groups (broad SMARTS) is 1. The highest BCUT2D eigenvalue weighted by molar-refractivity contribution is 5.92. The fourth-order valence-corrected chi connectivity index (χ4v) is 6.25. The van der Waals surface area contributed by atoms with Crippen LogP contribution in [-0.4, -0.2) is 66.3 Å². The fourth-order valence-electron chi connectivity index (χ4n) is 6.25. The number of hydrogen-bond donors (Lipinski definition) is 1. The summed E-state index contributed by atoms with van der Waals surface area (Å²) in [7, 11) is 0. The Morgan fingerprint density at radius 2 is 1.82 bits per heavy atom. The van der Waals surface area contributed by atoms with Gasteiger partial charge in [0.25, 0.3) is 0 Å². The van der Waals surface area contributed by atoms with Gasteiger partial charge in [-0.15, -0.1) is 0 Å². The molecule has 11 nitrogen and oxygen atoms in total. The number of hydrogen-bond acceptors (Lipinski definition) is 9.